The van der Waals surface area contributed by atoms with Crippen molar-refractivity contribution in [1.82, 2.24) is 15.0 Å². The summed E-state index contributed by atoms with van der Waals surface area (Å²) in [6.07, 6.45) is 4.53. The number of rotatable bonds is 5. The second-order valence-electron chi connectivity index (χ2n) is 6.36. The molecule has 0 aliphatic carbocycles. The van der Waals surface area contributed by atoms with Crippen LogP contribution in [0.4, 0.5) is 0 Å². The average Bonchev–Trinajstić information content (AvgIpc) is 2.55. The number of aryl methyl sites for hydroxylation is 1. The van der Waals surface area contributed by atoms with Gasteiger partial charge in [-0.2, -0.15) is 0 Å². The molecule has 1 rings (SSSR count). The van der Waals surface area contributed by atoms with Gasteiger partial charge in [-0.3, -0.25) is 0 Å². The van der Waals surface area contributed by atoms with Crippen molar-refractivity contribution in [2.45, 2.75) is 73.3 Å². The van der Waals surface area contributed by atoms with E-state index in [0.717, 1.165) is 12.8 Å². The van der Waals surface area contributed by atoms with E-state index in [1.54, 1.807) is 0 Å². The molecule has 1 aromatic rings. The first kappa shape index (κ1) is 14.2. The number of nitrogens with zero attached hydrogens (tertiary/aromatic N) is 3. The van der Waals surface area contributed by atoms with E-state index in [1.165, 1.54) is 24.2 Å². The highest BCUT2D eigenvalue weighted by Crippen LogP contribution is 2.24. The molecule has 0 saturated heterocycles. The molecule has 0 amide bonds. The first-order chi connectivity index (χ1) is 7.85. The quantitative estimate of drug-likeness (QED) is 0.780. The molecule has 0 atom stereocenters. The Balaban J connectivity index is 2.97. The highest BCUT2D eigenvalue weighted by molar-refractivity contribution is 5.13. The normalized spacial score (nSPS) is 12.4. The third kappa shape index (κ3) is 4.14. The molecule has 0 aliphatic rings. The lowest BCUT2D eigenvalue weighted by Gasteiger charge is -2.20. The fourth-order valence-corrected chi connectivity index (χ4v) is 1.98. The van der Waals surface area contributed by atoms with Crippen LogP contribution in [0.15, 0.2) is 0 Å². The van der Waals surface area contributed by atoms with Crippen LogP contribution in [0, 0.1) is 5.41 Å². The van der Waals surface area contributed by atoms with Crippen LogP contribution in [0.3, 0.4) is 0 Å². The van der Waals surface area contributed by atoms with Crippen molar-refractivity contribution in [2.75, 3.05) is 0 Å². The van der Waals surface area contributed by atoms with E-state index >= 15 is 0 Å². The van der Waals surface area contributed by atoms with Crippen LogP contribution < -0.4 is 0 Å². The third-order valence-electron chi connectivity index (χ3n) is 2.83. The Hall–Kier alpha value is -0.860. The molecule has 3 nitrogen and oxygen atoms in total. The topological polar surface area (TPSA) is 30.7 Å². The van der Waals surface area contributed by atoms with Crippen molar-refractivity contribution >= 4 is 0 Å². The van der Waals surface area contributed by atoms with Gasteiger partial charge in [-0.05, 0) is 38.5 Å². The molecule has 0 unspecified atom stereocenters. The van der Waals surface area contributed by atoms with Gasteiger partial charge >= 0.3 is 0 Å². The second-order valence-corrected chi connectivity index (χ2v) is 6.36. The molecule has 98 valence electrons. The van der Waals surface area contributed by atoms with Gasteiger partial charge < -0.3 is 0 Å². The maximum Gasteiger partial charge on any atom is 0.0859 e. The van der Waals surface area contributed by atoms with Crippen molar-refractivity contribution in [3.05, 3.63) is 11.4 Å². The minimum absolute atomic E-state index is 0.287. The summed E-state index contributed by atoms with van der Waals surface area (Å²) in [4.78, 5) is 0. The Bertz CT molecular complexity index is 345. The van der Waals surface area contributed by atoms with E-state index in [0.29, 0.717) is 6.04 Å². The van der Waals surface area contributed by atoms with Gasteiger partial charge in [-0.25, -0.2) is 4.68 Å². The van der Waals surface area contributed by atoms with E-state index in [1.807, 2.05) is 0 Å². The molecule has 17 heavy (non-hydrogen) atoms. The van der Waals surface area contributed by atoms with Gasteiger partial charge in [-0.15, -0.1) is 5.10 Å². The maximum atomic E-state index is 4.37. The zero-order valence-corrected chi connectivity index (χ0v) is 12.2. The maximum absolute atomic E-state index is 4.37. The van der Waals surface area contributed by atoms with Gasteiger partial charge in [-0.1, -0.05) is 39.3 Å². The molecular formula is C14H27N3. The lowest BCUT2D eigenvalue weighted by molar-refractivity contribution is 0.381. The lowest BCUT2D eigenvalue weighted by atomic mass is 9.89. The predicted octanol–water partition coefficient (Wildman–Crippen LogP) is 3.79. The van der Waals surface area contributed by atoms with Gasteiger partial charge in [0.2, 0.25) is 0 Å². The molecule has 3 heteroatoms. The number of aromatic nitrogens is 3. The van der Waals surface area contributed by atoms with Crippen LogP contribution in [-0.4, -0.2) is 15.0 Å². The van der Waals surface area contributed by atoms with Crippen LogP contribution in [-0.2, 0) is 12.8 Å². The monoisotopic (exact) mass is 237 g/mol. The van der Waals surface area contributed by atoms with Crippen LogP contribution >= 0.6 is 0 Å². The molecular weight excluding hydrogens is 210 g/mol. The summed E-state index contributed by atoms with van der Waals surface area (Å²) < 4.78 is 2.09. The summed E-state index contributed by atoms with van der Waals surface area (Å²) in [6.45, 7) is 13.4. The average molecular weight is 237 g/mol. The second kappa shape index (κ2) is 5.65. The van der Waals surface area contributed by atoms with E-state index in [2.05, 4.69) is 56.5 Å². The zero-order chi connectivity index (χ0) is 13.1. The molecule has 0 saturated carbocycles. The fourth-order valence-electron chi connectivity index (χ4n) is 1.98. The van der Waals surface area contributed by atoms with Crippen LogP contribution in [0.5, 0.6) is 0 Å². The Morgan fingerprint density at radius 2 is 1.88 bits per heavy atom. The molecule has 0 radical (unpaired) electrons. The summed E-state index contributed by atoms with van der Waals surface area (Å²) in [5.74, 6) is 0. The van der Waals surface area contributed by atoms with Crippen LogP contribution in [0.1, 0.15) is 71.8 Å². The van der Waals surface area contributed by atoms with Crippen molar-refractivity contribution in [2.24, 2.45) is 5.41 Å². The van der Waals surface area contributed by atoms with Crippen LogP contribution in [0.25, 0.3) is 0 Å². The molecule has 0 aliphatic heterocycles. The van der Waals surface area contributed by atoms with Gasteiger partial charge in [0, 0.05) is 6.04 Å². The first-order valence-corrected chi connectivity index (χ1v) is 6.78. The molecule has 1 heterocycles. The molecule has 1 aromatic heterocycles. The number of hydrogen-bond donors (Lipinski definition) is 0. The standard InChI is InChI=1S/C14H27N3/c1-7-8-9-12-13(10-14(4,5)6)17(11(2)3)16-15-12/h11H,7-10H2,1-6H3. The zero-order valence-electron chi connectivity index (χ0n) is 12.2. The smallest absolute Gasteiger partial charge is 0.0859 e. The molecule has 0 aromatic carbocycles. The highest BCUT2D eigenvalue weighted by atomic mass is 15.4. The van der Waals surface area contributed by atoms with Crippen LogP contribution in [0.2, 0.25) is 0 Å². The van der Waals surface area contributed by atoms with E-state index < -0.39 is 0 Å². The third-order valence-corrected chi connectivity index (χ3v) is 2.83. The molecule has 0 bridgehead atoms. The number of hydrogen-bond acceptors (Lipinski definition) is 2. The number of unbranched alkanes of at least 4 members (excludes halogenated alkanes) is 1. The van der Waals surface area contributed by atoms with Crippen molar-refractivity contribution in [3.63, 3.8) is 0 Å². The summed E-state index contributed by atoms with van der Waals surface area (Å²) >= 11 is 0. The van der Waals surface area contributed by atoms with Crippen molar-refractivity contribution in [1.29, 1.82) is 0 Å². The molecule has 0 N–H and O–H groups in total. The Morgan fingerprint density at radius 1 is 1.24 bits per heavy atom. The summed E-state index contributed by atoms with van der Waals surface area (Å²) in [6, 6.07) is 0.398. The minimum atomic E-state index is 0.287. The van der Waals surface area contributed by atoms with Crippen molar-refractivity contribution < 1.29 is 0 Å². The first-order valence-electron chi connectivity index (χ1n) is 6.78. The Kier molecular flexibility index (Phi) is 4.72. The highest BCUT2D eigenvalue weighted by Gasteiger charge is 2.20. The van der Waals surface area contributed by atoms with Gasteiger partial charge in [0.1, 0.15) is 0 Å². The van der Waals surface area contributed by atoms with E-state index in [-0.39, 0.29) is 5.41 Å². The Morgan fingerprint density at radius 3 is 2.35 bits per heavy atom. The van der Waals surface area contributed by atoms with Gasteiger partial charge in [0.05, 0.1) is 11.4 Å². The summed E-state index contributed by atoms with van der Waals surface area (Å²) in [5.41, 5.74) is 2.83. The molecule has 0 fully saturated rings. The van der Waals surface area contributed by atoms with E-state index in [4.69, 9.17) is 0 Å². The summed E-state index contributed by atoms with van der Waals surface area (Å²) in [7, 11) is 0. The predicted molar refractivity (Wildman–Crippen MR) is 72.2 cm³/mol. The fraction of sp³-hybridized carbons (Fsp3) is 0.857. The lowest BCUT2D eigenvalue weighted by Crippen LogP contribution is -2.16. The summed E-state index contributed by atoms with van der Waals surface area (Å²) in [5, 5.41) is 8.69. The minimum Gasteiger partial charge on any atom is -0.247 e. The van der Waals surface area contributed by atoms with Crippen molar-refractivity contribution in [3.8, 4) is 0 Å². The van der Waals surface area contributed by atoms with E-state index in [9.17, 15) is 0 Å². The largest absolute Gasteiger partial charge is 0.247 e. The van der Waals surface area contributed by atoms with Gasteiger partial charge in [0.25, 0.3) is 0 Å². The molecule has 0 spiro atoms. The van der Waals surface area contributed by atoms with Gasteiger partial charge in [0.15, 0.2) is 0 Å². The SMILES string of the molecule is CCCCc1nnn(C(C)C)c1CC(C)(C)C. The Labute approximate surface area is 106 Å².